The van der Waals surface area contributed by atoms with E-state index in [0.717, 1.165) is 15.4 Å². The summed E-state index contributed by atoms with van der Waals surface area (Å²) >= 11 is 0. The van der Waals surface area contributed by atoms with E-state index in [2.05, 4.69) is 5.32 Å². The molecule has 3 amide bonds. The Morgan fingerprint density at radius 3 is 2.34 bits per heavy atom. The average molecular weight is 536 g/mol. The van der Waals surface area contributed by atoms with Crippen molar-refractivity contribution in [2.75, 3.05) is 20.7 Å². The molecular weight excluding hydrogens is 506 g/mol. The first-order valence-corrected chi connectivity index (χ1v) is 13.5. The molecule has 0 bridgehead atoms. The highest BCUT2D eigenvalue weighted by Crippen LogP contribution is 2.30. The molecule has 1 atom stereocenters. The molecule has 38 heavy (non-hydrogen) atoms. The second-order valence-corrected chi connectivity index (χ2v) is 10.7. The number of carbonyl (C=O) groups is 3. The Labute approximate surface area is 222 Å². The van der Waals surface area contributed by atoms with Crippen LogP contribution in [0.25, 0.3) is 0 Å². The molecule has 0 aliphatic carbocycles. The lowest BCUT2D eigenvalue weighted by atomic mass is 10.0. The molecule has 0 fully saturated rings. The van der Waals surface area contributed by atoms with Gasteiger partial charge in [-0.05, 0) is 35.4 Å². The second-order valence-electron chi connectivity index (χ2n) is 8.82. The number of fused-ring (bicyclic) bond motifs is 1. The first-order chi connectivity index (χ1) is 18.3. The zero-order valence-corrected chi connectivity index (χ0v) is 22.0. The minimum Gasteiger partial charge on any atom is -0.497 e. The SMILES string of the molecule is CNC(=O)[C@H](Cc1ccccc1)N(Cc1cccc(OC)c1)C(=O)CCN1C(=O)c2ccccc2S1(=O)=O. The summed E-state index contributed by atoms with van der Waals surface area (Å²) in [5, 5.41) is 2.64. The standard InChI is InChI=1S/C28H29N3O6S/c1-29-27(33)24(18-20-9-4-3-5-10-20)30(19-21-11-8-12-22(17-21)37-2)26(32)15-16-31-28(34)23-13-6-7-14-25(23)38(31,35)36/h3-14,17,24H,15-16,18-19H2,1-2H3,(H,29,33)/t24-/m0/s1. The van der Waals surface area contributed by atoms with E-state index in [9.17, 15) is 22.8 Å². The molecule has 198 valence electrons. The number of hydrogen-bond donors (Lipinski definition) is 1. The summed E-state index contributed by atoms with van der Waals surface area (Å²) < 4.78 is 32.0. The van der Waals surface area contributed by atoms with Crippen molar-refractivity contribution in [1.29, 1.82) is 0 Å². The first-order valence-electron chi connectivity index (χ1n) is 12.1. The van der Waals surface area contributed by atoms with Gasteiger partial charge >= 0.3 is 0 Å². The van der Waals surface area contributed by atoms with E-state index in [4.69, 9.17) is 4.74 Å². The Morgan fingerprint density at radius 2 is 1.66 bits per heavy atom. The molecule has 0 saturated carbocycles. The van der Waals surface area contributed by atoms with E-state index in [1.807, 2.05) is 36.4 Å². The summed E-state index contributed by atoms with van der Waals surface area (Å²) in [6, 6.07) is 21.6. The van der Waals surface area contributed by atoms with E-state index in [1.165, 1.54) is 31.2 Å². The first kappa shape index (κ1) is 26.9. The van der Waals surface area contributed by atoms with Crippen molar-refractivity contribution in [3.05, 3.63) is 95.6 Å². The second kappa shape index (κ2) is 11.5. The molecule has 1 N–H and O–H groups in total. The Bertz CT molecular complexity index is 1440. The van der Waals surface area contributed by atoms with Gasteiger partial charge in [0.1, 0.15) is 16.7 Å². The molecule has 9 nitrogen and oxygen atoms in total. The third-order valence-electron chi connectivity index (χ3n) is 6.45. The summed E-state index contributed by atoms with van der Waals surface area (Å²) in [6.07, 6.45) is -0.0339. The lowest BCUT2D eigenvalue weighted by Gasteiger charge is -2.31. The van der Waals surface area contributed by atoms with Gasteiger partial charge in [-0.25, -0.2) is 12.7 Å². The van der Waals surface area contributed by atoms with Crippen LogP contribution >= 0.6 is 0 Å². The van der Waals surface area contributed by atoms with Gasteiger partial charge in [-0.3, -0.25) is 14.4 Å². The van der Waals surface area contributed by atoms with E-state index < -0.39 is 27.9 Å². The van der Waals surface area contributed by atoms with Gasteiger partial charge in [-0.15, -0.1) is 0 Å². The van der Waals surface area contributed by atoms with Crippen molar-refractivity contribution in [2.24, 2.45) is 0 Å². The fraction of sp³-hybridized carbons (Fsp3) is 0.250. The number of methoxy groups -OCH3 is 1. The van der Waals surface area contributed by atoms with Crippen LogP contribution < -0.4 is 10.1 Å². The number of carbonyl (C=O) groups excluding carboxylic acids is 3. The molecule has 4 rings (SSSR count). The molecule has 0 aromatic heterocycles. The fourth-order valence-electron chi connectivity index (χ4n) is 4.48. The Hall–Kier alpha value is -4.18. The maximum Gasteiger partial charge on any atom is 0.269 e. The molecule has 3 aromatic rings. The highest BCUT2D eigenvalue weighted by atomic mass is 32.2. The molecule has 1 aliphatic heterocycles. The topological polar surface area (TPSA) is 113 Å². The Morgan fingerprint density at radius 1 is 0.974 bits per heavy atom. The van der Waals surface area contributed by atoms with Crippen LogP contribution in [-0.2, 0) is 32.6 Å². The van der Waals surface area contributed by atoms with Crippen molar-refractivity contribution in [3.8, 4) is 5.75 Å². The minimum atomic E-state index is -4.06. The zero-order chi connectivity index (χ0) is 27.3. The number of sulfonamides is 1. The summed E-state index contributed by atoms with van der Waals surface area (Å²) in [5.74, 6) is -0.889. The van der Waals surface area contributed by atoms with E-state index >= 15 is 0 Å². The predicted molar refractivity (Wildman–Crippen MR) is 141 cm³/mol. The Kier molecular flexibility index (Phi) is 8.11. The van der Waals surface area contributed by atoms with Crippen LogP contribution in [0.3, 0.4) is 0 Å². The lowest BCUT2D eigenvalue weighted by molar-refractivity contribution is -0.141. The van der Waals surface area contributed by atoms with Crippen LogP contribution in [0.1, 0.15) is 27.9 Å². The van der Waals surface area contributed by atoms with Gasteiger partial charge in [-0.2, -0.15) is 0 Å². The van der Waals surface area contributed by atoms with Crippen LogP contribution in [0.5, 0.6) is 5.75 Å². The van der Waals surface area contributed by atoms with Gasteiger partial charge < -0.3 is 15.0 Å². The van der Waals surface area contributed by atoms with Crippen LogP contribution in [0.15, 0.2) is 83.8 Å². The molecule has 0 unspecified atom stereocenters. The van der Waals surface area contributed by atoms with Gasteiger partial charge in [0.15, 0.2) is 0 Å². The van der Waals surface area contributed by atoms with E-state index in [1.54, 1.807) is 30.3 Å². The van der Waals surface area contributed by atoms with Gasteiger partial charge in [0.05, 0.1) is 12.7 Å². The van der Waals surface area contributed by atoms with Gasteiger partial charge in [0.25, 0.3) is 15.9 Å². The number of nitrogens with zero attached hydrogens (tertiary/aromatic N) is 2. The van der Waals surface area contributed by atoms with Crippen LogP contribution in [0.4, 0.5) is 0 Å². The summed E-state index contributed by atoms with van der Waals surface area (Å²) in [6.45, 7) is -0.253. The molecular formula is C28H29N3O6S. The molecule has 3 aromatic carbocycles. The van der Waals surface area contributed by atoms with Crippen molar-refractivity contribution in [2.45, 2.75) is 30.3 Å². The summed E-state index contributed by atoms with van der Waals surface area (Å²) in [7, 11) is -1.02. The maximum absolute atomic E-state index is 13.7. The number of ether oxygens (including phenoxy) is 1. The van der Waals surface area contributed by atoms with Gasteiger partial charge in [0.2, 0.25) is 11.8 Å². The minimum absolute atomic E-state index is 0.0713. The third-order valence-corrected chi connectivity index (χ3v) is 8.29. The number of rotatable bonds is 10. The number of amides is 3. The zero-order valence-electron chi connectivity index (χ0n) is 21.2. The highest BCUT2D eigenvalue weighted by molar-refractivity contribution is 7.90. The normalized spacial score (nSPS) is 14.5. The molecule has 0 radical (unpaired) electrons. The quantitative estimate of drug-likeness (QED) is 0.427. The smallest absolute Gasteiger partial charge is 0.269 e. The van der Waals surface area contributed by atoms with Gasteiger partial charge in [0, 0.05) is 33.0 Å². The summed E-state index contributed by atoms with van der Waals surface area (Å²) in [4.78, 5) is 40.9. The van der Waals surface area contributed by atoms with Crippen LogP contribution in [0, 0.1) is 0 Å². The molecule has 0 saturated heterocycles. The van der Waals surface area contributed by atoms with Crippen molar-refractivity contribution < 1.29 is 27.5 Å². The third kappa shape index (κ3) is 5.55. The highest BCUT2D eigenvalue weighted by Gasteiger charge is 2.41. The van der Waals surface area contributed by atoms with E-state index in [0.29, 0.717) is 5.75 Å². The number of hydrogen-bond acceptors (Lipinski definition) is 6. The monoisotopic (exact) mass is 535 g/mol. The van der Waals surface area contributed by atoms with Crippen molar-refractivity contribution >= 4 is 27.7 Å². The molecule has 1 aliphatic rings. The van der Waals surface area contributed by atoms with Gasteiger partial charge in [-0.1, -0.05) is 54.6 Å². The molecule has 10 heteroatoms. The molecule has 1 heterocycles. The average Bonchev–Trinajstić information content (AvgIpc) is 3.13. The number of nitrogens with one attached hydrogen (secondary N) is 1. The largest absolute Gasteiger partial charge is 0.497 e. The number of benzene rings is 3. The van der Waals surface area contributed by atoms with Crippen LogP contribution in [-0.4, -0.2) is 62.1 Å². The van der Waals surface area contributed by atoms with Crippen molar-refractivity contribution in [1.82, 2.24) is 14.5 Å². The number of likely N-dealkylation sites (N-methyl/N-ethyl adjacent to an activating group) is 1. The van der Waals surface area contributed by atoms with E-state index in [-0.39, 0.29) is 42.3 Å². The molecule has 0 spiro atoms. The van der Waals surface area contributed by atoms with Crippen LogP contribution in [0.2, 0.25) is 0 Å². The maximum atomic E-state index is 13.7. The lowest BCUT2D eigenvalue weighted by Crippen LogP contribution is -2.50. The predicted octanol–water partition coefficient (Wildman–Crippen LogP) is 2.62. The summed E-state index contributed by atoms with van der Waals surface area (Å²) in [5.41, 5.74) is 1.68. The Balaban J connectivity index is 1.62. The van der Waals surface area contributed by atoms with Crippen molar-refractivity contribution in [3.63, 3.8) is 0 Å². The fourth-order valence-corrected chi connectivity index (χ4v) is 6.05.